The summed E-state index contributed by atoms with van der Waals surface area (Å²) in [5.41, 5.74) is -0.269. The summed E-state index contributed by atoms with van der Waals surface area (Å²) in [4.78, 5) is 37.4. The monoisotopic (exact) mass is 412 g/mol. The van der Waals surface area contributed by atoms with Gasteiger partial charge in [0.25, 0.3) is 0 Å². The lowest BCUT2D eigenvalue weighted by atomic mass is 9.82. The third-order valence-electron chi connectivity index (χ3n) is 4.81. The second-order valence-electron chi connectivity index (χ2n) is 8.97. The quantitative estimate of drug-likeness (QED) is 0.517. The van der Waals surface area contributed by atoms with Gasteiger partial charge in [0.1, 0.15) is 0 Å². The summed E-state index contributed by atoms with van der Waals surface area (Å²) in [6, 6.07) is -0.339. The summed E-state index contributed by atoms with van der Waals surface area (Å²) < 4.78 is 0. The average molecular weight is 413 g/mol. The highest BCUT2D eigenvalue weighted by atomic mass is 16.4. The number of hydrogen-bond donors (Lipinski definition) is 2. The summed E-state index contributed by atoms with van der Waals surface area (Å²) in [7, 11) is 1.63. The molecule has 170 valence electrons. The van der Waals surface area contributed by atoms with Crippen molar-refractivity contribution in [1.82, 2.24) is 10.2 Å². The maximum atomic E-state index is 12.5. The van der Waals surface area contributed by atoms with E-state index in [1.54, 1.807) is 13.1 Å². The minimum atomic E-state index is -1.00. The van der Waals surface area contributed by atoms with E-state index in [0.29, 0.717) is 6.42 Å². The number of carbonyl (C=O) groups is 3. The Kier molecular flexibility index (Phi) is 14.4. The fraction of sp³-hybridized carbons (Fsp3) is 0.783. The zero-order valence-electron chi connectivity index (χ0n) is 20.3. The zero-order valence-corrected chi connectivity index (χ0v) is 20.3. The van der Waals surface area contributed by atoms with E-state index in [2.05, 4.69) is 26.1 Å². The number of carboxylic acid groups (broad SMARTS) is 1. The number of likely N-dealkylation sites (N-methyl/N-ethyl adjacent to an activating group) is 1. The van der Waals surface area contributed by atoms with Gasteiger partial charge in [0.2, 0.25) is 11.8 Å². The molecule has 2 unspecified atom stereocenters. The number of amides is 2. The molecule has 0 aromatic carbocycles. The molecule has 0 bridgehead atoms. The zero-order chi connectivity index (χ0) is 23.4. The average Bonchev–Trinajstić information content (AvgIpc) is 2.62. The normalized spacial score (nSPS) is 14.6. The molecule has 6 nitrogen and oxygen atoms in total. The van der Waals surface area contributed by atoms with Crippen LogP contribution in [0.4, 0.5) is 0 Å². The van der Waals surface area contributed by atoms with Crippen LogP contribution in [-0.4, -0.2) is 47.4 Å². The van der Waals surface area contributed by atoms with E-state index in [4.69, 9.17) is 5.11 Å². The van der Waals surface area contributed by atoms with Crippen LogP contribution in [0.5, 0.6) is 0 Å². The highest BCUT2D eigenvalue weighted by Gasteiger charge is 2.31. The topological polar surface area (TPSA) is 86.7 Å². The van der Waals surface area contributed by atoms with Crippen LogP contribution >= 0.6 is 0 Å². The molecule has 6 heteroatoms. The first-order chi connectivity index (χ1) is 13.2. The van der Waals surface area contributed by atoms with Crippen LogP contribution in [0.25, 0.3) is 0 Å². The summed E-state index contributed by atoms with van der Waals surface area (Å²) in [6.07, 6.45) is 3.97. The molecular weight excluding hydrogens is 368 g/mol. The second kappa shape index (κ2) is 14.2. The van der Waals surface area contributed by atoms with Crippen molar-refractivity contribution in [2.75, 3.05) is 13.6 Å². The molecule has 0 radical (unpaired) electrons. The molecule has 2 N–H and O–H groups in total. The van der Waals surface area contributed by atoms with Gasteiger partial charge in [-0.3, -0.25) is 9.59 Å². The van der Waals surface area contributed by atoms with Crippen LogP contribution in [-0.2, 0) is 14.4 Å². The van der Waals surface area contributed by atoms with Crippen molar-refractivity contribution in [3.8, 4) is 0 Å². The van der Waals surface area contributed by atoms with Gasteiger partial charge in [-0.05, 0) is 31.6 Å². The lowest BCUT2D eigenvalue weighted by Crippen LogP contribution is -2.47. The van der Waals surface area contributed by atoms with Gasteiger partial charge in [-0.15, -0.1) is 0 Å². The number of carboxylic acids is 1. The first-order valence-electron chi connectivity index (χ1n) is 10.7. The summed E-state index contributed by atoms with van der Waals surface area (Å²) in [5, 5.41) is 11.8. The Morgan fingerprint density at radius 2 is 1.59 bits per heavy atom. The van der Waals surface area contributed by atoms with Crippen LogP contribution in [0.1, 0.15) is 81.6 Å². The smallest absolute Gasteiger partial charge is 0.331 e. The van der Waals surface area contributed by atoms with Crippen LogP contribution in [0.2, 0.25) is 0 Å². The Bertz CT molecular complexity index is 552. The molecule has 0 aliphatic heterocycles. The van der Waals surface area contributed by atoms with Gasteiger partial charge in [-0.2, -0.15) is 0 Å². The molecular formula is C23H44N2O4. The second-order valence-corrected chi connectivity index (χ2v) is 8.97. The van der Waals surface area contributed by atoms with Crippen molar-refractivity contribution in [3.63, 3.8) is 0 Å². The molecule has 2 amide bonds. The van der Waals surface area contributed by atoms with Crippen molar-refractivity contribution in [2.45, 2.75) is 87.6 Å². The number of rotatable bonds is 10. The Balaban J connectivity index is 0. The molecule has 2 atom stereocenters. The number of hydrogen-bond acceptors (Lipinski definition) is 3. The number of aliphatic carboxylic acids is 1. The van der Waals surface area contributed by atoms with Crippen molar-refractivity contribution in [3.05, 3.63) is 11.6 Å². The van der Waals surface area contributed by atoms with Crippen LogP contribution < -0.4 is 5.32 Å². The largest absolute Gasteiger partial charge is 0.478 e. The fourth-order valence-corrected chi connectivity index (χ4v) is 2.74. The molecule has 0 rings (SSSR count). The van der Waals surface area contributed by atoms with Gasteiger partial charge in [0, 0.05) is 18.0 Å². The van der Waals surface area contributed by atoms with Crippen molar-refractivity contribution >= 4 is 17.8 Å². The SMILES string of the molecule is CC(C)C.CCCC(C)(CC)C(=O)NCC(=O)N(C)C(/C=C(\C)C(=O)O)C(C)C. The van der Waals surface area contributed by atoms with Crippen molar-refractivity contribution in [1.29, 1.82) is 0 Å². The van der Waals surface area contributed by atoms with Gasteiger partial charge in [0.15, 0.2) is 0 Å². The molecule has 0 heterocycles. The van der Waals surface area contributed by atoms with Gasteiger partial charge >= 0.3 is 5.97 Å². The first kappa shape index (κ1) is 29.4. The third-order valence-corrected chi connectivity index (χ3v) is 4.81. The van der Waals surface area contributed by atoms with Crippen LogP contribution in [0.3, 0.4) is 0 Å². The predicted octanol–water partition coefficient (Wildman–Crippen LogP) is 4.50. The van der Waals surface area contributed by atoms with E-state index < -0.39 is 11.4 Å². The van der Waals surface area contributed by atoms with E-state index in [9.17, 15) is 14.4 Å². The minimum Gasteiger partial charge on any atom is -0.478 e. The molecule has 0 fully saturated rings. The van der Waals surface area contributed by atoms with Crippen molar-refractivity contribution in [2.24, 2.45) is 17.3 Å². The van der Waals surface area contributed by atoms with Gasteiger partial charge in [-0.1, -0.05) is 67.9 Å². The van der Waals surface area contributed by atoms with Crippen LogP contribution in [0, 0.1) is 17.3 Å². The molecule has 0 saturated heterocycles. The van der Waals surface area contributed by atoms with E-state index in [-0.39, 0.29) is 35.9 Å². The predicted molar refractivity (Wildman–Crippen MR) is 120 cm³/mol. The number of nitrogens with zero attached hydrogens (tertiary/aromatic N) is 1. The highest BCUT2D eigenvalue weighted by molar-refractivity contribution is 5.88. The lowest BCUT2D eigenvalue weighted by molar-refractivity contribution is -0.136. The summed E-state index contributed by atoms with van der Waals surface area (Å²) in [5.74, 6) is -0.466. The third kappa shape index (κ3) is 11.7. The van der Waals surface area contributed by atoms with Gasteiger partial charge in [0.05, 0.1) is 12.6 Å². The molecule has 0 saturated carbocycles. The number of carbonyl (C=O) groups excluding carboxylic acids is 2. The Hall–Kier alpha value is -1.85. The standard InChI is InChI=1S/C19H34N2O4.C4H10/c1-8-10-19(6,9-2)18(25)20-12-16(22)21(7)15(13(3)4)11-14(5)17(23)24;1-4(2)3/h11,13,15H,8-10,12H2,1-7H3,(H,20,25)(H,23,24);4H,1-3H3/b14-11+;. The molecule has 0 aromatic rings. The minimum absolute atomic E-state index is 0.0555. The molecule has 0 spiro atoms. The molecule has 0 aliphatic carbocycles. The van der Waals surface area contributed by atoms with Crippen LogP contribution in [0.15, 0.2) is 11.6 Å². The van der Waals surface area contributed by atoms with E-state index >= 15 is 0 Å². The van der Waals surface area contributed by atoms with E-state index in [1.165, 1.54) is 11.8 Å². The van der Waals surface area contributed by atoms with E-state index in [0.717, 1.165) is 18.8 Å². The van der Waals surface area contributed by atoms with E-state index in [1.807, 2.05) is 34.6 Å². The Labute approximate surface area is 178 Å². The summed E-state index contributed by atoms with van der Waals surface area (Å²) >= 11 is 0. The van der Waals surface area contributed by atoms with Crippen molar-refractivity contribution < 1.29 is 19.5 Å². The number of nitrogens with one attached hydrogen (secondary N) is 1. The fourth-order valence-electron chi connectivity index (χ4n) is 2.74. The Morgan fingerprint density at radius 1 is 1.10 bits per heavy atom. The molecule has 29 heavy (non-hydrogen) atoms. The molecule has 0 aromatic heterocycles. The lowest BCUT2D eigenvalue weighted by Gasteiger charge is -2.31. The van der Waals surface area contributed by atoms with Gasteiger partial charge < -0.3 is 15.3 Å². The van der Waals surface area contributed by atoms with Gasteiger partial charge in [-0.25, -0.2) is 4.79 Å². The highest BCUT2D eigenvalue weighted by Crippen LogP contribution is 2.27. The maximum Gasteiger partial charge on any atom is 0.331 e. The summed E-state index contributed by atoms with van der Waals surface area (Å²) in [6.45, 7) is 17.7. The maximum absolute atomic E-state index is 12.5. The molecule has 0 aliphatic rings. The first-order valence-corrected chi connectivity index (χ1v) is 10.7. The Morgan fingerprint density at radius 3 is 1.93 bits per heavy atom.